The summed E-state index contributed by atoms with van der Waals surface area (Å²) in [6, 6.07) is 5.14. The Labute approximate surface area is 151 Å². The van der Waals surface area contributed by atoms with Crippen molar-refractivity contribution in [2.75, 3.05) is 26.2 Å². The largest absolute Gasteiger partial charge is 0.352 e. The van der Waals surface area contributed by atoms with Gasteiger partial charge in [0.05, 0.1) is 16.1 Å². The fourth-order valence-corrected chi connectivity index (χ4v) is 3.14. The first-order chi connectivity index (χ1) is 11.5. The number of benzene rings is 1. The molecule has 0 radical (unpaired) electrons. The number of amides is 2. The molecule has 2 amide bonds. The van der Waals surface area contributed by atoms with E-state index in [1.165, 1.54) is 0 Å². The van der Waals surface area contributed by atoms with Gasteiger partial charge in [-0.2, -0.15) is 0 Å². The Bertz CT molecular complexity index is 641. The van der Waals surface area contributed by atoms with E-state index in [-0.39, 0.29) is 17.9 Å². The molecule has 1 saturated heterocycles. The van der Waals surface area contributed by atoms with E-state index in [9.17, 15) is 9.59 Å². The van der Waals surface area contributed by atoms with Crippen molar-refractivity contribution >= 4 is 35.0 Å². The van der Waals surface area contributed by atoms with Gasteiger partial charge in [-0.15, -0.1) is 0 Å². The highest BCUT2D eigenvalue weighted by Gasteiger charge is 2.31. The molecule has 7 heteroatoms. The zero-order chi connectivity index (χ0) is 17.3. The third kappa shape index (κ3) is 4.02. The Morgan fingerprint density at radius 2 is 1.79 bits per heavy atom. The minimum absolute atomic E-state index is 0.0525. The first-order valence-electron chi connectivity index (χ1n) is 8.24. The highest BCUT2D eigenvalue weighted by molar-refractivity contribution is 6.42. The summed E-state index contributed by atoms with van der Waals surface area (Å²) >= 11 is 11.9. The Hall–Kier alpha value is -1.30. The molecule has 1 heterocycles. The van der Waals surface area contributed by atoms with Gasteiger partial charge >= 0.3 is 0 Å². The molecule has 0 spiro atoms. The lowest BCUT2D eigenvalue weighted by Gasteiger charge is -2.37. The zero-order valence-electron chi connectivity index (χ0n) is 13.6. The van der Waals surface area contributed by atoms with Crippen LogP contribution in [-0.4, -0.2) is 59.9 Å². The Morgan fingerprint density at radius 1 is 1.12 bits per heavy atom. The van der Waals surface area contributed by atoms with Gasteiger partial charge in [0.15, 0.2) is 0 Å². The van der Waals surface area contributed by atoms with Gasteiger partial charge in [-0.05, 0) is 38.0 Å². The molecular weight excluding hydrogens is 349 g/mol. The summed E-state index contributed by atoms with van der Waals surface area (Å²) in [5, 5.41) is 3.85. The second-order valence-corrected chi connectivity index (χ2v) is 7.23. The molecular formula is C17H21Cl2N3O2. The Morgan fingerprint density at radius 3 is 2.38 bits per heavy atom. The number of carbonyl (C=O) groups is 2. The van der Waals surface area contributed by atoms with E-state index in [1.54, 1.807) is 23.1 Å². The van der Waals surface area contributed by atoms with Crippen LogP contribution in [0.3, 0.4) is 0 Å². The van der Waals surface area contributed by atoms with Gasteiger partial charge in [0.1, 0.15) is 0 Å². The number of rotatable bonds is 4. The molecule has 1 saturated carbocycles. The van der Waals surface area contributed by atoms with E-state index < -0.39 is 0 Å². The highest BCUT2D eigenvalue weighted by atomic mass is 35.5. The van der Waals surface area contributed by atoms with Crippen molar-refractivity contribution in [1.29, 1.82) is 0 Å². The second-order valence-electron chi connectivity index (χ2n) is 6.42. The molecule has 5 nitrogen and oxygen atoms in total. The first-order valence-corrected chi connectivity index (χ1v) is 9.00. The normalized spacial score (nSPS) is 19.9. The molecule has 1 atom stereocenters. The van der Waals surface area contributed by atoms with Gasteiger partial charge in [-0.1, -0.05) is 23.2 Å². The van der Waals surface area contributed by atoms with Crippen molar-refractivity contribution in [1.82, 2.24) is 15.1 Å². The molecule has 0 bridgehead atoms. The van der Waals surface area contributed by atoms with E-state index in [1.807, 2.05) is 6.92 Å². The zero-order valence-corrected chi connectivity index (χ0v) is 15.1. The third-order valence-corrected chi connectivity index (χ3v) is 5.36. The topological polar surface area (TPSA) is 52.7 Å². The van der Waals surface area contributed by atoms with Crippen LogP contribution in [0, 0.1) is 0 Å². The van der Waals surface area contributed by atoms with E-state index >= 15 is 0 Å². The second kappa shape index (κ2) is 7.30. The molecule has 1 unspecified atom stereocenters. The van der Waals surface area contributed by atoms with Crippen molar-refractivity contribution in [2.24, 2.45) is 0 Å². The minimum Gasteiger partial charge on any atom is -0.352 e. The van der Waals surface area contributed by atoms with Crippen molar-refractivity contribution < 1.29 is 9.59 Å². The molecule has 130 valence electrons. The van der Waals surface area contributed by atoms with Gasteiger partial charge in [-0.3, -0.25) is 14.5 Å². The predicted molar refractivity (Wildman–Crippen MR) is 94.6 cm³/mol. The molecule has 2 aliphatic rings. The van der Waals surface area contributed by atoms with Crippen LogP contribution in [0.4, 0.5) is 0 Å². The van der Waals surface area contributed by atoms with Crippen molar-refractivity contribution in [3.8, 4) is 0 Å². The number of nitrogens with zero attached hydrogens (tertiary/aromatic N) is 2. The van der Waals surface area contributed by atoms with Crippen LogP contribution in [0.5, 0.6) is 0 Å². The highest BCUT2D eigenvalue weighted by Crippen LogP contribution is 2.24. The van der Waals surface area contributed by atoms with E-state index in [2.05, 4.69) is 10.2 Å². The summed E-state index contributed by atoms with van der Waals surface area (Å²) < 4.78 is 0. The fourth-order valence-electron chi connectivity index (χ4n) is 2.84. The number of carbonyl (C=O) groups excluding carboxylic acids is 2. The maximum absolute atomic E-state index is 12.6. The summed E-state index contributed by atoms with van der Waals surface area (Å²) in [5.74, 6) is 0.0325. The van der Waals surface area contributed by atoms with Crippen LogP contribution < -0.4 is 5.32 Å². The van der Waals surface area contributed by atoms with Crippen molar-refractivity contribution in [3.05, 3.63) is 33.8 Å². The molecule has 1 aromatic rings. The molecule has 0 aromatic heterocycles. The van der Waals surface area contributed by atoms with E-state index in [4.69, 9.17) is 23.2 Å². The Balaban J connectivity index is 1.54. The third-order valence-electron chi connectivity index (χ3n) is 4.62. The van der Waals surface area contributed by atoms with Gasteiger partial charge in [-0.25, -0.2) is 0 Å². The minimum atomic E-state index is -0.159. The number of hydrogen-bond acceptors (Lipinski definition) is 3. The van der Waals surface area contributed by atoms with E-state index in [0.717, 1.165) is 12.8 Å². The van der Waals surface area contributed by atoms with Crippen LogP contribution in [-0.2, 0) is 4.79 Å². The number of halogens is 2. The maximum Gasteiger partial charge on any atom is 0.253 e. The van der Waals surface area contributed by atoms with Crippen molar-refractivity contribution in [3.63, 3.8) is 0 Å². The number of nitrogens with one attached hydrogen (secondary N) is 1. The lowest BCUT2D eigenvalue weighted by Crippen LogP contribution is -2.55. The summed E-state index contributed by atoms with van der Waals surface area (Å²) in [6.45, 7) is 4.49. The predicted octanol–water partition coefficient (Wildman–Crippen LogP) is 2.42. The molecule has 1 N–H and O–H groups in total. The van der Waals surface area contributed by atoms with Crippen LogP contribution in [0.2, 0.25) is 10.0 Å². The van der Waals surface area contributed by atoms with Crippen LogP contribution in [0.15, 0.2) is 18.2 Å². The maximum atomic E-state index is 12.6. The lowest BCUT2D eigenvalue weighted by molar-refractivity contribution is -0.126. The summed E-state index contributed by atoms with van der Waals surface area (Å²) in [7, 11) is 0. The summed E-state index contributed by atoms with van der Waals surface area (Å²) in [5.41, 5.74) is 0.539. The molecule has 3 rings (SSSR count). The summed E-state index contributed by atoms with van der Waals surface area (Å²) in [4.78, 5) is 28.6. The Kier molecular flexibility index (Phi) is 5.33. The average Bonchev–Trinajstić information content (AvgIpc) is 3.40. The SMILES string of the molecule is CC(C(=O)NC1CC1)N1CCN(C(=O)c2ccc(Cl)c(Cl)c2)CC1. The molecule has 1 aliphatic heterocycles. The number of piperazine rings is 1. The van der Waals surface area contributed by atoms with Gasteiger partial charge < -0.3 is 10.2 Å². The van der Waals surface area contributed by atoms with E-state index in [0.29, 0.717) is 47.8 Å². The van der Waals surface area contributed by atoms with Gasteiger partial charge in [0, 0.05) is 37.8 Å². The smallest absolute Gasteiger partial charge is 0.253 e. The lowest BCUT2D eigenvalue weighted by atomic mass is 10.1. The fraction of sp³-hybridized carbons (Fsp3) is 0.529. The first kappa shape index (κ1) is 17.5. The van der Waals surface area contributed by atoms with Gasteiger partial charge in [0.2, 0.25) is 5.91 Å². The van der Waals surface area contributed by atoms with Crippen LogP contribution in [0.1, 0.15) is 30.1 Å². The van der Waals surface area contributed by atoms with Crippen LogP contribution >= 0.6 is 23.2 Å². The standard InChI is InChI=1S/C17H21Cl2N3O2/c1-11(16(23)20-13-3-4-13)21-6-8-22(9-7-21)17(24)12-2-5-14(18)15(19)10-12/h2,5,10-11,13H,3-4,6-9H2,1H3,(H,20,23). The molecule has 1 aromatic carbocycles. The summed E-state index contributed by atoms with van der Waals surface area (Å²) in [6.07, 6.45) is 2.18. The molecule has 1 aliphatic carbocycles. The average molecular weight is 370 g/mol. The quantitative estimate of drug-likeness (QED) is 0.886. The monoisotopic (exact) mass is 369 g/mol. The van der Waals surface area contributed by atoms with Crippen LogP contribution in [0.25, 0.3) is 0 Å². The number of hydrogen-bond donors (Lipinski definition) is 1. The molecule has 2 fully saturated rings. The van der Waals surface area contributed by atoms with Crippen molar-refractivity contribution in [2.45, 2.75) is 31.8 Å². The van der Waals surface area contributed by atoms with Gasteiger partial charge in [0.25, 0.3) is 5.91 Å². The molecule has 24 heavy (non-hydrogen) atoms.